The summed E-state index contributed by atoms with van der Waals surface area (Å²) in [6.45, 7) is 3.74. The van der Waals surface area contributed by atoms with E-state index in [9.17, 15) is 31.2 Å². The van der Waals surface area contributed by atoms with Crippen molar-refractivity contribution in [3.05, 3.63) is 24.3 Å². The van der Waals surface area contributed by atoms with Crippen LogP contribution in [0.1, 0.15) is 26.7 Å². The molecule has 1 atom stereocenters. The minimum absolute atomic E-state index is 0.107. The van der Waals surface area contributed by atoms with Crippen LogP contribution in [0.2, 0.25) is 0 Å². The number of hydrogen-bond acceptors (Lipinski definition) is 5. The van der Waals surface area contributed by atoms with Gasteiger partial charge in [-0.15, -0.1) is 13.2 Å². The summed E-state index contributed by atoms with van der Waals surface area (Å²) in [6, 6.07) is 3.63. The maximum atomic E-state index is 12.4. The molecular weight excluding hydrogens is 427 g/mol. The van der Waals surface area contributed by atoms with E-state index in [2.05, 4.69) is 14.8 Å². The first-order chi connectivity index (χ1) is 13.8. The molecule has 2 N–H and O–H groups in total. The zero-order valence-corrected chi connectivity index (χ0v) is 17.3. The van der Waals surface area contributed by atoms with Crippen LogP contribution in [-0.2, 0) is 14.8 Å². The Kier molecular flexibility index (Phi) is 7.70. The normalized spacial score (nSPS) is 17.7. The molecule has 1 saturated heterocycles. The Hall–Kier alpha value is -2.34. The monoisotopic (exact) mass is 451 g/mol. The predicted molar refractivity (Wildman–Crippen MR) is 104 cm³/mol. The standard InChI is InChI=1S/C18H24F3N3O5S/c1-12(2)16(25)11-30(27,28)23-14-4-3-9-24(10-14)17(26)22-13-5-7-15(8-6-13)29-18(19,20)21/h5-8,12,14,23H,3-4,9-11H2,1-2H3,(H,22,26)/t14-/m1/s1. The van der Waals surface area contributed by atoms with Crippen LogP contribution in [0.25, 0.3) is 0 Å². The van der Waals surface area contributed by atoms with Crippen LogP contribution in [-0.4, -0.2) is 56.4 Å². The quantitative estimate of drug-likeness (QED) is 0.663. The summed E-state index contributed by atoms with van der Waals surface area (Å²) in [5.41, 5.74) is 0.264. The second-order valence-corrected chi connectivity index (χ2v) is 9.04. The molecule has 1 fully saturated rings. The lowest BCUT2D eigenvalue weighted by atomic mass is 10.1. The largest absolute Gasteiger partial charge is 0.573 e. The molecule has 0 saturated carbocycles. The van der Waals surface area contributed by atoms with Gasteiger partial charge in [-0.1, -0.05) is 13.8 Å². The van der Waals surface area contributed by atoms with Crippen molar-refractivity contribution < 1.29 is 35.9 Å². The summed E-state index contributed by atoms with van der Waals surface area (Å²) >= 11 is 0. The third-order valence-corrected chi connectivity index (χ3v) is 5.73. The van der Waals surface area contributed by atoms with Crippen molar-refractivity contribution in [1.29, 1.82) is 0 Å². The number of urea groups is 1. The van der Waals surface area contributed by atoms with Crippen LogP contribution in [0.3, 0.4) is 0 Å². The van der Waals surface area contributed by atoms with Crippen LogP contribution >= 0.6 is 0 Å². The van der Waals surface area contributed by atoms with Crippen molar-refractivity contribution in [1.82, 2.24) is 9.62 Å². The van der Waals surface area contributed by atoms with Crippen molar-refractivity contribution in [2.45, 2.75) is 39.1 Å². The van der Waals surface area contributed by atoms with Gasteiger partial charge in [0.05, 0.1) is 0 Å². The summed E-state index contributed by atoms with van der Waals surface area (Å²) in [7, 11) is -3.82. The van der Waals surface area contributed by atoms with Gasteiger partial charge in [0.15, 0.2) is 5.78 Å². The fraction of sp³-hybridized carbons (Fsp3) is 0.556. The number of sulfonamides is 1. The third kappa shape index (κ3) is 7.82. The predicted octanol–water partition coefficient (Wildman–Crippen LogP) is 2.73. The van der Waals surface area contributed by atoms with Gasteiger partial charge in [-0.25, -0.2) is 17.9 Å². The smallest absolute Gasteiger partial charge is 0.406 e. The number of ether oxygens (including phenoxy) is 1. The van der Waals surface area contributed by atoms with Gasteiger partial charge >= 0.3 is 12.4 Å². The zero-order valence-electron chi connectivity index (χ0n) is 16.5. The second-order valence-electron chi connectivity index (χ2n) is 7.29. The molecule has 0 bridgehead atoms. The molecule has 0 aliphatic carbocycles. The van der Waals surface area contributed by atoms with Crippen molar-refractivity contribution in [2.75, 3.05) is 24.2 Å². The number of halogens is 3. The lowest BCUT2D eigenvalue weighted by Crippen LogP contribution is -2.51. The van der Waals surface area contributed by atoms with E-state index in [-0.39, 0.29) is 12.2 Å². The SMILES string of the molecule is CC(C)C(=O)CS(=O)(=O)N[C@@H]1CCCN(C(=O)Nc2ccc(OC(F)(F)F)cc2)C1. The maximum absolute atomic E-state index is 12.4. The van der Waals surface area contributed by atoms with E-state index in [1.54, 1.807) is 13.8 Å². The average Bonchev–Trinajstić information content (AvgIpc) is 2.61. The van der Waals surface area contributed by atoms with Gasteiger partial charge in [0.1, 0.15) is 11.5 Å². The Balaban J connectivity index is 1.92. The van der Waals surface area contributed by atoms with Gasteiger partial charge < -0.3 is 15.0 Å². The molecule has 0 spiro atoms. The van der Waals surface area contributed by atoms with E-state index in [1.807, 2.05) is 0 Å². The summed E-state index contributed by atoms with van der Waals surface area (Å²) in [4.78, 5) is 25.5. The molecule has 0 radical (unpaired) electrons. The Morgan fingerprint density at radius 1 is 1.23 bits per heavy atom. The second kappa shape index (κ2) is 9.65. The van der Waals surface area contributed by atoms with E-state index in [0.29, 0.717) is 19.4 Å². The highest BCUT2D eigenvalue weighted by Crippen LogP contribution is 2.24. The molecule has 0 aromatic heterocycles. The Bertz CT molecular complexity index is 857. The molecule has 1 aliphatic rings. The van der Waals surface area contributed by atoms with Crippen LogP contribution in [0.5, 0.6) is 5.75 Å². The first kappa shape index (κ1) is 23.9. The number of carbonyl (C=O) groups is 2. The van der Waals surface area contributed by atoms with Crippen LogP contribution in [0.4, 0.5) is 23.7 Å². The number of ketones is 1. The molecule has 168 valence electrons. The van der Waals surface area contributed by atoms with Gasteiger partial charge in [-0.3, -0.25) is 4.79 Å². The van der Waals surface area contributed by atoms with Gasteiger partial charge in [0.25, 0.3) is 0 Å². The highest BCUT2D eigenvalue weighted by atomic mass is 32.2. The zero-order chi connectivity index (χ0) is 22.5. The highest BCUT2D eigenvalue weighted by molar-refractivity contribution is 7.90. The molecule has 1 aromatic carbocycles. The molecule has 1 heterocycles. The number of alkyl halides is 3. The molecule has 2 rings (SSSR count). The molecular formula is C18H24F3N3O5S. The van der Waals surface area contributed by atoms with Gasteiger partial charge in [-0.2, -0.15) is 0 Å². The van der Waals surface area contributed by atoms with Crippen molar-refractivity contribution >= 4 is 27.5 Å². The highest BCUT2D eigenvalue weighted by Gasteiger charge is 2.31. The lowest BCUT2D eigenvalue weighted by molar-refractivity contribution is -0.274. The first-order valence-electron chi connectivity index (χ1n) is 9.29. The van der Waals surface area contributed by atoms with E-state index in [4.69, 9.17) is 0 Å². The van der Waals surface area contributed by atoms with E-state index < -0.39 is 51.7 Å². The number of hydrogen-bond donors (Lipinski definition) is 2. The van der Waals surface area contributed by atoms with Crippen LogP contribution < -0.4 is 14.8 Å². The minimum Gasteiger partial charge on any atom is -0.406 e. The Labute approximate surface area is 172 Å². The van der Waals surface area contributed by atoms with Gasteiger partial charge in [0, 0.05) is 30.7 Å². The number of rotatable bonds is 7. The summed E-state index contributed by atoms with van der Waals surface area (Å²) in [5.74, 6) is -1.82. The molecule has 2 amide bonds. The fourth-order valence-corrected chi connectivity index (χ4v) is 4.34. The molecule has 1 aliphatic heterocycles. The van der Waals surface area contributed by atoms with Crippen molar-refractivity contribution in [2.24, 2.45) is 5.92 Å². The molecule has 0 unspecified atom stereocenters. The Morgan fingerprint density at radius 3 is 2.43 bits per heavy atom. The lowest BCUT2D eigenvalue weighted by Gasteiger charge is -2.33. The minimum atomic E-state index is -4.80. The number of amides is 2. The number of nitrogens with one attached hydrogen (secondary N) is 2. The number of benzene rings is 1. The molecule has 12 heteroatoms. The summed E-state index contributed by atoms with van der Waals surface area (Å²) in [6.07, 6.45) is -3.74. The third-order valence-electron chi connectivity index (χ3n) is 4.37. The fourth-order valence-electron chi connectivity index (χ4n) is 2.85. The molecule has 8 nitrogen and oxygen atoms in total. The number of likely N-dealkylation sites (tertiary alicyclic amines) is 1. The van der Waals surface area contributed by atoms with E-state index >= 15 is 0 Å². The van der Waals surface area contributed by atoms with Crippen LogP contribution in [0, 0.1) is 5.92 Å². The average molecular weight is 451 g/mol. The van der Waals surface area contributed by atoms with Gasteiger partial charge in [0.2, 0.25) is 10.0 Å². The molecule has 30 heavy (non-hydrogen) atoms. The first-order valence-corrected chi connectivity index (χ1v) is 10.9. The van der Waals surface area contributed by atoms with E-state index in [1.165, 1.54) is 17.0 Å². The van der Waals surface area contributed by atoms with Crippen LogP contribution in [0.15, 0.2) is 24.3 Å². The number of carbonyl (C=O) groups excluding carboxylic acids is 2. The van der Waals surface area contributed by atoms with Crippen molar-refractivity contribution in [3.8, 4) is 5.75 Å². The number of piperidine rings is 1. The molecule has 1 aromatic rings. The number of nitrogens with zero attached hydrogens (tertiary/aromatic N) is 1. The van der Waals surface area contributed by atoms with E-state index in [0.717, 1.165) is 12.1 Å². The van der Waals surface area contributed by atoms with Crippen molar-refractivity contribution in [3.63, 3.8) is 0 Å². The topological polar surface area (TPSA) is 105 Å². The van der Waals surface area contributed by atoms with Gasteiger partial charge in [-0.05, 0) is 37.1 Å². The Morgan fingerprint density at radius 2 is 1.87 bits per heavy atom. The number of anilines is 1. The summed E-state index contributed by atoms with van der Waals surface area (Å²) in [5, 5.41) is 2.55. The number of Topliss-reactive ketones (excluding diaryl/α,β-unsaturated/α-hetero) is 1. The maximum Gasteiger partial charge on any atom is 0.573 e. The summed E-state index contributed by atoms with van der Waals surface area (Å²) < 4.78 is 67.1.